The Morgan fingerprint density at radius 1 is 0.909 bits per heavy atom. The summed E-state index contributed by atoms with van der Waals surface area (Å²) in [5.74, 6) is -0.501. The molecule has 2 aromatic rings. The lowest BCUT2D eigenvalue weighted by atomic mass is 9.88. The van der Waals surface area contributed by atoms with Gasteiger partial charge >= 0.3 is 0 Å². The monoisotopic (exact) mass is 311 g/mol. The fraction of sp³-hybridized carbons (Fsp3) is 0.167. The van der Waals surface area contributed by atoms with Crippen LogP contribution in [0.3, 0.4) is 0 Å². The molecule has 0 aromatic heterocycles. The maximum absolute atomic E-state index is 12.4. The highest BCUT2D eigenvalue weighted by Gasteiger charge is 2.36. The van der Waals surface area contributed by atoms with Gasteiger partial charge in [0.15, 0.2) is 5.78 Å². The van der Waals surface area contributed by atoms with E-state index in [2.05, 4.69) is 4.99 Å². The van der Waals surface area contributed by atoms with E-state index in [1.807, 2.05) is 30.3 Å². The van der Waals surface area contributed by atoms with Crippen molar-refractivity contribution in [2.75, 3.05) is 6.54 Å². The number of carbonyl (C=O) groups excluding carboxylic acids is 2. The fourth-order valence-electron chi connectivity index (χ4n) is 2.51. The number of alkyl halides is 1. The predicted molar refractivity (Wildman–Crippen MR) is 87.2 cm³/mol. The number of hydrogen-bond donors (Lipinski definition) is 0. The Hall–Kier alpha value is -2.26. The van der Waals surface area contributed by atoms with E-state index in [1.54, 1.807) is 24.3 Å². The average Bonchev–Trinajstić information content (AvgIpc) is 2.57. The number of benzene rings is 2. The van der Waals surface area contributed by atoms with Gasteiger partial charge in [0.05, 0.1) is 0 Å². The van der Waals surface area contributed by atoms with Crippen LogP contribution in [0.4, 0.5) is 0 Å². The molecule has 1 unspecified atom stereocenters. The van der Waals surface area contributed by atoms with Gasteiger partial charge in [-0.2, -0.15) is 0 Å². The van der Waals surface area contributed by atoms with Crippen LogP contribution < -0.4 is 0 Å². The van der Waals surface area contributed by atoms with Gasteiger partial charge in [-0.05, 0) is 12.0 Å². The van der Waals surface area contributed by atoms with Crippen molar-refractivity contribution < 1.29 is 9.59 Å². The number of rotatable bonds is 3. The molecule has 0 amide bonds. The molecule has 3 nitrogen and oxygen atoms in total. The molecule has 22 heavy (non-hydrogen) atoms. The summed E-state index contributed by atoms with van der Waals surface area (Å²) in [5.41, 5.74) is 2.06. The maximum atomic E-state index is 12.4. The van der Waals surface area contributed by atoms with Crippen molar-refractivity contribution in [2.45, 2.75) is 11.8 Å². The lowest BCUT2D eigenvalue weighted by molar-refractivity contribution is 0.0967. The summed E-state index contributed by atoms with van der Waals surface area (Å²) >= 11 is 6.14. The van der Waals surface area contributed by atoms with Crippen LogP contribution >= 0.6 is 11.6 Å². The second-order valence-electron chi connectivity index (χ2n) is 5.10. The van der Waals surface area contributed by atoms with Crippen LogP contribution in [0.1, 0.15) is 26.3 Å². The topological polar surface area (TPSA) is 46.5 Å². The van der Waals surface area contributed by atoms with Gasteiger partial charge in [-0.15, -0.1) is 11.6 Å². The van der Waals surface area contributed by atoms with Crippen molar-refractivity contribution in [2.24, 2.45) is 4.99 Å². The SMILES string of the molecule is O=C1C(=NCCc2ccccc2)C(Cl)C(=O)c2ccccc21. The quantitative estimate of drug-likeness (QED) is 0.816. The molecule has 110 valence electrons. The number of ketones is 2. The zero-order valence-corrected chi connectivity index (χ0v) is 12.6. The lowest BCUT2D eigenvalue weighted by Crippen LogP contribution is -2.38. The van der Waals surface area contributed by atoms with E-state index in [1.165, 1.54) is 0 Å². The van der Waals surface area contributed by atoms with E-state index in [0.717, 1.165) is 5.56 Å². The Morgan fingerprint density at radius 3 is 2.27 bits per heavy atom. The van der Waals surface area contributed by atoms with Gasteiger partial charge < -0.3 is 0 Å². The van der Waals surface area contributed by atoms with Crippen LogP contribution in [0.15, 0.2) is 59.6 Å². The van der Waals surface area contributed by atoms with Crippen molar-refractivity contribution in [1.29, 1.82) is 0 Å². The predicted octanol–water partition coefficient (Wildman–Crippen LogP) is 3.36. The van der Waals surface area contributed by atoms with Crippen LogP contribution in [0.25, 0.3) is 0 Å². The van der Waals surface area contributed by atoms with Gasteiger partial charge in [-0.3, -0.25) is 14.6 Å². The minimum absolute atomic E-state index is 0.154. The number of nitrogens with zero attached hydrogens (tertiary/aromatic N) is 1. The molecule has 0 aliphatic heterocycles. The third-order valence-electron chi connectivity index (χ3n) is 3.67. The first-order valence-corrected chi connectivity index (χ1v) is 7.52. The minimum Gasteiger partial charge on any atom is -0.292 e. The number of fused-ring (bicyclic) bond motifs is 1. The van der Waals surface area contributed by atoms with Crippen molar-refractivity contribution in [1.82, 2.24) is 0 Å². The molecule has 0 fully saturated rings. The summed E-state index contributed by atoms with van der Waals surface area (Å²) in [6, 6.07) is 16.6. The first-order valence-electron chi connectivity index (χ1n) is 7.09. The lowest BCUT2D eigenvalue weighted by Gasteiger charge is -2.19. The highest BCUT2D eigenvalue weighted by atomic mass is 35.5. The molecule has 0 heterocycles. The van der Waals surface area contributed by atoms with E-state index < -0.39 is 5.38 Å². The number of Topliss-reactive ketones (excluding diaryl/α,β-unsaturated/α-hetero) is 2. The molecule has 0 spiro atoms. The average molecular weight is 312 g/mol. The van der Waals surface area contributed by atoms with Crippen molar-refractivity contribution >= 4 is 28.9 Å². The summed E-state index contributed by atoms with van der Waals surface area (Å²) in [6.07, 6.45) is 0.705. The van der Waals surface area contributed by atoms with Crippen molar-refractivity contribution in [3.05, 3.63) is 71.3 Å². The van der Waals surface area contributed by atoms with E-state index in [4.69, 9.17) is 11.6 Å². The highest BCUT2D eigenvalue weighted by molar-refractivity contribution is 6.64. The number of hydrogen-bond acceptors (Lipinski definition) is 3. The van der Waals surface area contributed by atoms with E-state index in [0.29, 0.717) is 24.1 Å². The van der Waals surface area contributed by atoms with Gasteiger partial charge in [0.1, 0.15) is 11.1 Å². The maximum Gasteiger partial charge on any atom is 0.209 e. The molecule has 3 rings (SSSR count). The molecule has 0 radical (unpaired) electrons. The fourth-order valence-corrected chi connectivity index (χ4v) is 2.80. The molecule has 0 saturated heterocycles. The smallest absolute Gasteiger partial charge is 0.209 e. The second-order valence-corrected chi connectivity index (χ2v) is 5.54. The molecule has 0 bridgehead atoms. The summed E-state index contributed by atoms with van der Waals surface area (Å²) < 4.78 is 0. The first-order chi connectivity index (χ1) is 10.7. The largest absolute Gasteiger partial charge is 0.292 e. The molecule has 0 N–H and O–H groups in total. The number of aliphatic imine (C=N–C) groups is 1. The van der Waals surface area contributed by atoms with Crippen LogP contribution in [-0.4, -0.2) is 29.2 Å². The second kappa shape index (κ2) is 6.24. The molecular formula is C18H14ClNO2. The van der Waals surface area contributed by atoms with Gasteiger partial charge in [0.2, 0.25) is 5.78 Å². The van der Waals surface area contributed by atoms with Crippen LogP contribution in [0, 0.1) is 0 Å². The molecule has 1 aliphatic carbocycles. The van der Waals surface area contributed by atoms with E-state index >= 15 is 0 Å². The molecule has 2 aromatic carbocycles. The molecule has 4 heteroatoms. The standard InChI is InChI=1S/C18H14ClNO2/c19-15-16(20-11-10-12-6-2-1-3-7-12)18(22)14-9-5-4-8-13(14)17(15)21/h1-9,15H,10-11H2. The first kappa shape index (κ1) is 14.7. The third kappa shape index (κ3) is 2.72. The van der Waals surface area contributed by atoms with Crippen LogP contribution in [-0.2, 0) is 6.42 Å². The third-order valence-corrected chi connectivity index (χ3v) is 4.07. The summed E-state index contributed by atoms with van der Waals surface area (Å²) in [4.78, 5) is 29.0. The molecule has 1 atom stereocenters. The van der Waals surface area contributed by atoms with Gasteiger partial charge in [-0.1, -0.05) is 54.6 Å². The molecular weight excluding hydrogens is 298 g/mol. The van der Waals surface area contributed by atoms with E-state index in [9.17, 15) is 9.59 Å². The Labute approximate surface area is 133 Å². The molecule has 0 saturated carbocycles. The summed E-state index contributed by atoms with van der Waals surface area (Å²) in [7, 11) is 0. The number of halogens is 1. The minimum atomic E-state index is -0.988. The zero-order valence-electron chi connectivity index (χ0n) is 11.8. The Balaban J connectivity index is 1.83. The van der Waals surface area contributed by atoms with E-state index in [-0.39, 0.29) is 17.3 Å². The van der Waals surface area contributed by atoms with Crippen molar-refractivity contribution in [3.8, 4) is 0 Å². The Morgan fingerprint density at radius 2 is 1.55 bits per heavy atom. The molecule has 1 aliphatic rings. The van der Waals surface area contributed by atoms with Gasteiger partial charge in [0, 0.05) is 17.7 Å². The summed E-state index contributed by atoms with van der Waals surface area (Å²) in [6.45, 7) is 0.434. The van der Waals surface area contributed by atoms with Gasteiger partial charge in [-0.25, -0.2) is 0 Å². The Kier molecular flexibility index (Phi) is 4.16. The summed E-state index contributed by atoms with van der Waals surface area (Å²) in [5, 5.41) is -0.988. The zero-order chi connectivity index (χ0) is 15.5. The highest BCUT2D eigenvalue weighted by Crippen LogP contribution is 2.23. The van der Waals surface area contributed by atoms with Gasteiger partial charge in [0.25, 0.3) is 0 Å². The van der Waals surface area contributed by atoms with Crippen LogP contribution in [0.5, 0.6) is 0 Å². The van der Waals surface area contributed by atoms with Crippen LogP contribution in [0.2, 0.25) is 0 Å². The number of carbonyl (C=O) groups is 2. The van der Waals surface area contributed by atoms with Crippen molar-refractivity contribution in [3.63, 3.8) is 0 Å². The Bertz CT molecular complexity index is 753. The normalized spacial score (nSPS) is 19.3.